The maximum Gasteiger partial charge on any atom is 0.390 e. The van der Waals surface area contributed by atoms with Gasteiger partial charge in [-0.1, -0.05) is 42.5 Å². The van der Waals surface area contributed by atoms with E-state index in [0.717, 1.165) is 11.1 Å². The maximum atomic E-state index is 13.3. The van der Waals surface area contributed by atoms with Crippen LogP contribution in [0, 0.1) is 0 Å². The van der Waals surface area contributed by atoms with E-state index in [0.29, 0.717) is 13.1 Å². The van der Waals surface area contributed by atoms with E-state index >= 15 is 0 Å². The first kappa shape index (κ1) is 22.5. The Morgan fingerprint density at radius 1 is 1.22 bits per heavy atom. The van der Waals surface area contributed by atoms with E-state index in [9.17, 15) is 23.1 Å². The van der Waals surface area contributed by atoms with Gasteiger partial charge in [0.05, 0.1) is 24.6 Å². The number of allylic oxidation sites excluding steroid dienone is 1. The van der Waals surface area contributed by atoms with Crippen LogP contribution in [-0.4, -0.2) is 69.8 Å². The second-order valence-corrected chi connectivity index (χ2v) is 8.46. The smallest absolute Gasteiger partial charge is 0.390 e. The molecule has 0 radical (unpaired) electrons. The molecule has 8 heteroatoms. The molecule has 2 fully saturated rings. The molecule has 2 atom stereocenters. The van der Waals surface area contributed by atoms with Crippen LogP contribution in [-0.2, 0) is 0 Å². The van der Waals surface area contributed by atoms with Crippen LogP contribution in [0.5, 0.6) is 0 Å². The average molecular weight is 445 g/mol. The lowest BCUT2D eigenvalue weighted by atomic mass is 9.60. The van der Waals surface area contributed by atoms with Crippen molar-refractivity contribution >= 4 is 12.0 Å². The third-order valence-corrected chi connectivity index (χ3v) is 6.43. The Bertz CT molecular complexity index is 970. The molecular weight excluding hydrogens is 419 g/mol. The summed E-state index contributed by atoms with van der Waals surface area (Å²) in [5.41, 5.74) is 1.61. The van der Waals surface area contributed by atoms with Crippen molar-refractivity contribution in [3.8, 4) is 0 Å². The lowest BCUT2D eigenvalue weighted by Gasteiger charge is -2.70. The van der Waals surface area contributed by atoms with Crippen LogP contribution < -0.4 is 0 Å². The van der Waals surface area contributed by atoms with Crippen LogP contribution in [0.1, 0.15) is 40.9 Å². The van der Waals surface area contributed by atoms with Crippen molar-refractivity contribution in [1.82, 2.24) is 14.8 Å². The lowest BCUT2D eigenvalue weighted by molar-refractivity contribution is -0.179. The predicted octanol–water partition coefficient (Wildman–Crippen LogP) is 3.72. The Hall–Kier alpha value is -2.71. The van der Waals surface area contributed by atoms with Crippen molar-refractivity contribution < 1.29 is 23.1 Å². The Kier molecular flexibility index (Phi) is 6.09. The van der Waals surface area contributed by atoms with Crippen molar-refractivity contribution in [3.05, 3.63) is 71.6 Å². The number of hydrogen-bond donors (Lipinski definition) is 1. The molecule has 1 spiro atoms. The number of halogens is 3. The fourth-order valence-corrected chi connectivity index (χ4v) is 5.12. The number of rotatable bonds is 6. The molecule has 2 saturated heterocycles. The molecule has 2 aliphatic heterocycles. The van der Waals surface area contributed by atoms with Crippen LogP contribution in [0.15, 0.2) is 54.7 Å². The van der Waals surface area contributed by atoms with Gasteiger partial charge in [-0.15, -0.1) is 0 Å². The number of alkyl halides is 3. The third kappa shape index (κ3) is 4.04. The van der Waals surface area contributed by atoms with Crippen LogP contribution >= 0.6 is 0 Å². The number of pyridine rings is 1. The number of amides is 1. The second-order valence-electron chi connectivity index (χ2n) is 8.46. The highest BCUT2D eigenvalue weighted by Crippen LogP contribution is 2.54. The van der Waals surface area contributed by atoms with Crippen LogP contribution in [0.4, 0.5) is 13.2 Å². The standard InChI is InChI=1S/C24H26F3N3O2/c1-2-5-17-7-9-18(10-8-17)21-20(14-31)30(22(32)19-6-3-4-12-28-19)23(21)15-29(16-23)13-11-24(25,26)27/h2-10,12,20-21,31H,11,13-16H2,1H3/t20-,21+/m0/s1. The molecule has 2 aliphatic rings. The molecule has 1 amide bonds. The monoisotopic (exact) mass is 445 g/mol. The highest BCUT2D eigenvalue weighted by Gasteiger charge is 2.67. The van der Waals surface area contributed by atoms with Gasteiger partial charge in [0.15, 0.2) is 0 Å². The van der Waals surface area contributed by atoms with Crippen molar-refractivity contribution in [2.24, 2.45) is 0 Å². The largest absolute Gasteiger partial charge is 0.394 e. The van der Waals surface area contributed by atoms with Crippen LogP contribution in [0.2, 0.25) is 0 Å². The minimum atomic E-state index is -4.22. The molecule has 170 valence electrons. The SMILES string of the molecule is CC=Cc1ccc([C@@H]2[C@H](CO)N(C(=O)c3ccccn3)C23CN(CCC(F)(F)F)C3)cc1. The molecule has 0 bridgehead atoms. The van der Waals surface area contributed by atoms with Crippen molar-refractivity contribution in [3.63, 3.8) is 0 Å². The van der Waals surface area contributed by atoms with E-state index in [1.807, 2.05) is 43.3 Å². The summed E-state index contributed by atoms with van der Waals surface area (Å²) >= 11 is 0. The van der Waals surface area contributed by atoms with Crippen molar-refractivity contribution in [1.29, 1.82) is 0 Å². The van der Waals surface area contributed by atoms with Gasteiger partial charge >= 0.3 is 6.18 Å². The van der Waals surface area contributed by atoms with Gasteiger partial charge in [-0.2, -0.15) is 13.2 Å². The molecule has 0 unspecified atom stereocenters. The summed E-state index contributed by atoms with van der Waals surface area (Å²) in [5, 5.41) is 10.2. The van der Waals surface area contributed by atoms with Crippen molar-refractivity contribution in [2.45, 2.75) is 37.0 Å². The van der Waals surface area contributed by atoms with Gasteiger partial charge in [-0.05, 0) is 30.2 Å². The normalized spacial score (nSPS) is 22.7. The molecular formula is C24H26F3N3O2. The second kappa shape index (κ2) is 8.67. The zero-order chi connectivity index (χ0) is 22.9. The van der Waals surface area contributed by atoms with Gasteiger partial charge in [0.2, 0.25) is 0 Å². The van der Waals surface area contributed by atoms with Gasteiger partial charge in [-0.25, -0.2) is 0 Å². The summed E-state index contributed by atoms with van der Waals surface area (Å²) < 4.78 is 38.1. The highest BCUT2D eigenvalue weighted by molar-refractivity contribution is 5.94. The number of hydrogen-bond acceptors (Lipinski definition) is 4. The summed E-state index contributed by atoms with van der Waals surface area (Å²) in [6, 6.07) is 12.5. The quantitative estimate of drug-likeness (QED) is 0.737. The number of aromatic nitrogens is 1. The Labute approximate surface area is 185 Å². The number of nitrogens with zero attached hydrogens (tertiary/aromatic N) is 3. The minimum Gasteiger partial charge on any atom is -0.394 e. The van der Waals surface area contributed by atoms with E-state index in [-0.39, 0.29) is 30.7 Å². The van der Waals surface area contributed by atoms with E-state index in [1.165, 1.54) is 6.20 Å². The van der Waals surface area contributed by atoms with E-state index in [2.05, 4.69) is 4.98 Å². The van der Waals surface area contributed by atoms with Gasteiger partial charge in [0.25, 0.3) is 5.91 Å². The summed E-state index contributed by atoms with van der Waals surface area (Å²) in [5.74, 6) is -0.469. The maximum absolute atomic E-state index is 13.3. The fourth-order valence-electron chi connectivity index (χ4n) is 5.12. The number of aliphatic hydroxyl groups is 1. The van der Waals surface area contributed by atoms with E-state index in [4.69, 9.17) is 0 Å². The summed E-state index contributed by atoms with van der Waals surface area (Å²) in [7, 11) is 0. The molecule has 1 aromatic carbocycles. The summed E-state index contributed by atoms with van der Waals surface area (Å²) in [4.78, 5) is 20.8. The number of carbonyl (C=O) groups is 1. The zero-order valence-electron chi connectivity index (χ0n) is 17.8. The van der Waals surface area contributed by atoms with E-state index in [1.54, 1.807) is 28.0 Å². The Morgan fingerprint density at radius 2 is 1.94 bits per heavy atom. The molecule has 4 rings (SSSR count). The number of likely N-dealkylation sites (tertiary alicyclic amines) is 2. The Morgan fingerprint density at radius 3 is 2.50 bits per heavy atom. The highest BCUT2D eigenvalue weighted by atomic mass is 19.4. The molecule has 0 aliphatic carbocycles. The molecule has 1 N–H and O–H groups in total. The molecule has 32 heavy (non-hydrogen) atoms. The molecule has 3 heterocycles. The minimum absolute atomic E-state index is 0.104. The number of benzene rings is 1. The number of aliphatic hydroxyl groups excluding tert-OH is 1. The molecule has 1 aromatic heterocycles. The lowest BCUT2D eigenvalue weighted by Crippen LogP contribution is -2.85. The fraction of sp³-hybridized carbons (Fsp3) is 0.417. The third-order valence-electron chi connectivity index (χ3n) is 6.43. The van der Waals surface area contributed by atoms with Gasteiger partial charge < -0.3 is 10.0 Å². The first-order valence-corrected chi connectivity index (χ1v) is 10.7. The number of carbonyl (C=O) groups excluding carboxylic acids is 1. The molecule has 2 aromatic rings. The molecule has 5 nitrogen and oxygen atoms in total. The van der Waals surface area contributed by atoms with Crippen LogP contribution in [0.3, 0.4) is 0 Å². The predicted molar refractivity (Wildman–Crippen MR) is 115 cm³/mol. The summed E-state index contributed by atoms with van der Waals surface area (Å²) in [6.45, 7) is 2.26. The van der Waals surface area contributed by atoms with E-state index < -0.39 is 24.2 Å². The van der Waals surface area contributed by atoms with Crippen LogP contribution in [0.25, 0.3) is 6.08 Å². The average Bonchev–Trinajstić information content (AvgIpc) is 2.73. The zero-order valence-corrected chi connectivity index (χ0v) is 17.8. The van der Waals surface area contributed by atoms with Gasteiger partial charge in [-0.3, -0.25) is 14.7 Å². The summed E-state index contributed by atoms with van der Waals surface area (Å²) in [6.07, 6.45) is 0.337. The van der Waals surface area contributed by atoms with Gasteiger partial charge in [0.1, 0.15) is 5.69 Å². The topological polar surface area (TPSA) is 56.7 Å². The van der Waals surface area contributed by atoms with Gasteiger partial charge in [0, 0.05) is 31.7 Å². The van der Waals surface area contributed by atoms with Crippen molar-refractivity contribution in [2.75, 3.05) is 26.2 Å². The first-order chi connectivity index (χ1) is 15.3. The Balaban J connectivity index is 1.62. The molecule has 0 saturated carbocycles. The first-order valence-electron chi connectivity index (χ1n) is 10.7.